The van der Waals surface area contributed by atoms with Crippen molar-refractivity contribution in [1.29, 1.82) is 0 Å². The first-order chi connectivity index (χ1) is 10.5. The summed E-state index contributed by atoms with van der Waals surface area (Å²) in [6, 6.07) is 12.5. The van der Waals surface area contributed by atoms with Crippen molar-refractivity contribution in [2.75, 3.05) is 0 Å². The average molecular weight is 298 g/mol. The van der Waals surface area contributed by atoms with Crippen LogP contribution in [0.2, 0.25) is 0 Å². The van der Waals surface area contributed by atoms with E-state index in [4.69, 9.17) is 5.73 Å². The molecule has 0 aliphatic carbocycles. The molecule has 0 aliphatic rings. The van der Waals surface area contributed by atoms with Gasteiger partial charge in [0.15, 0.2) is 0 Å². The fraction of sp³-hybridized carbons (Fsp3) is 0.278. The highest BCUT2D eigenvalue weighted by molar-refractivity contribution is 5.81. The normalized spacial score (nSPS) is 12.0. The highest BCUT2D eigenvalue weighted by Crippen LogP contribution is 2.21. The van der Waals surface area contributed by atoms with Crippen LogP contribution in [0.3, 0.4) is 0 Å². The van der Waals surface area contributed by atoms with Crippen molar-refractivity contribution < 1.29 is 9.90 Å². The van der Waals surface area contributed by atoms with Gasteiger partial charge in [0.1, 0.15) is 5.75 Å². The summed E-state index contributed by atoms with van der Waals surface area (Å²) in [7, 11) is 0. The number of carbonyl (C=O) groups is 1. The molecule has 1 unspecified atom stereocenters. The predicted molar refractivity (Wildman–Crippen MR) is 87.5 cm³/mol. The standard InChI is InChI=1S/C18H22N2O2/c1-12-8-15(21)9-13(2)16(12)10-17(19)18(22)20-11-14-6-4-3-5-7-14/h3-9,17,21H,10-11,19H2,1-2H3,(H,20,22). The Morgan fingerprint density at radius 3 is 2.36 bits per heavy atom. The summed E-state index contributed by atoms with van der Waals surface area (Å²) >= 11 is 0. The molecule has 0 saturated heterocycles. The maximum Gasteiger partial charge on any atom is 0.237 e. The molecule has 0 spiro atoms. The quantitative estimate of drug-likeness (QED) is 0.792. The van der Waals surface area contributed by atoms with E-state index in [1.165, 1.54) is 0 Å². The zero-order chi connectivity index (χ0) is 16.1. The summed E-state index contributed by atoms with van der Waals surface area (Å²) < 4.78 is 0. The monoisotopic (exact) mass is 298 g/mol. The highest BCUT2D eigenvalue weighted by Gasteiger charge is 2.16. The van der Waals surface area contributed by atoms with Gasteiger partial charge < -0.3 is 16.2 Å². The Labute approximate surface area is 131 Å². The van der Waals surface area contributed by atoms with Gasteiger partial charge >= 0.3 is 0 Å². The summed E-state index contributed by atoms with van der Waals surface area (Å²) in [5.74, 6) is 0.0663. The van der Waals surface area contributed by atoms with Crippen molar-refractivity contribution in [3.05, 3.63) is 64.7 Å². The van der Waals surface area contributed by atoms with E-state index in [0.29, 0.717) is 13.0 Å². The molecular formula is C18H22N2O2. The van der Waals surface area contributed by atoms with Gasteiger partial charge in [-0.05, 0) is 54.7 Å². The summed E-state index contributed by atoms with van der Waals surface area (Å²) in [6.45, 7) is 4.30. The molecule has 116 valence electrons. The molecule has 22 heavy (non-hydrogen) atoms. The van der Waals surface area contributed by atoms with Gasteiger partial charge in [-0.25, -0.2) is 0 Å². The summed E-state index contributed by atoms with van der Waals surface area (Å²) in [6.07, 6.45) is 0.457. The number of nitrogens with one attached hydrogen (secondary N) is 1. The van der Waals surface area contributed by atoms with Crippen LogP contribution in [0.15, 0.2) is 42.5 Å². The van der Waals surface area contributed by atoms with E-state index in [0.717, 1.165) is 22.3 Å². The van der Waals surface area contributed by atoms with E-state index < -0.39 is 6.04 Å². The van der Waals surface area contributed by atoms with Crippen LogP contribution in [0.5, 0.6) is 5.75 Å². The molecule has 0 radical (unpaired) electrons. The summed E-state index contributed by atoms with van der Waals surface area (Å²) in [5, 5.41) is 12.4. The molecule has 1 amide bonds. The lowest BCUT2D eigenvalue weighted by Gasteiger charge is -2.16. The first-order valence-electron chi connectivity index (χ1n) is 7.33. The van der Waals surface area contributed by atoms with Crippen LogP contribution in [0.25, 0.3) is 0 Å². The maximum absolute atomic E-state index is 12.1. The third-order valence-corrected chi connectivity index (χ3v) is 3.75. The lowest BCUT2D eigenvalue weighted by atomic mass is 9.96. The largest absolute Gasteiger partial charge is 0.508 e. The number of aromatic hydroxyl groups is 1. The van der Waals surface area contributed by atoms with Gasteiger partial charge in [0, 0.05) is 6.54 Å². The van der Waals surface area contributed by atoms with Crippen LogP contribution >= 0.6 is 0 Å². The fourth-order valence-electron chi connectivity index (χ4n) is 2.52. The Balaban J connectivity index is 1.97. The van der Waals surface area contributed by atoms with Crippen LogP contribution in [-0.4, -0.2) is 17.1 Å². The van der Waals surface area contributed by atoms with Crippen molar-refractivity contribution in [2.45, 2.75) is 32.9 Å². The molecule has 2 rings (SSSR count). The number of phenolic OH excluding ortho intramolecular Hbond substituents is 1. The molecule has 0 heterocycles. The topological polar surface area (TPSA) is 75.3 Å². The number of hydrogen-bond donors (Lipinski definition) is 3. The van der Waals surface area contributed by atoms with Gasteiger partial charge in [0.2, 0.25) is 5.91 Å². The van der Waals surface area contributed by atoms with Crippen molar-refractivity contribution in [3.8, 4) is 5.75 Å². The number of amides is 1. The molecule has 4 N–H and O–H groups in total. The Morgan fingerprint density at radius 2 is 1.77 bits per heavy atom. The Kier molecular flexibility index (Phi) is 5.17. The molecule has 2 aromatic rings. The number of rotatable bonds is 5. The number of phenols is 1. The Hall–Kier alpha value is -2.33. The lowest BCUT2D eigenvalue weighted by molar-refractivity contribution is -0.122. The van der Waals surface area contributed by atoms with Crippen molar-refractivity contribution >= 4 is 5.91 Å². The first-order valence-corrected chi connectivity index (χ1v) is 7.33. The zero-order valence-electron chi connectivity index (χ0n) is 13.0. The SMILES string of the molecule is Cc1cc(O)cc(C)c1CC(N)C(=O)NCc1ccccc1. The molecule has 0 fully saturated rings. The van der Waals surface area contributed by atoms with Gasteiger partial charge in [-0.2, -0.15) is 0 Å². The average Bonchev–Trinajstić information content (AvgIpc) is 2.49. The fourth-order valence-corrected chi connectivity index (χ4v) is 2.52. The van der Waals surface area contributed by atoms with Gasteiger partial charge in [-0.15, -0.1) is 0 Å². The minimum Gasteiger partial charge on any atom is -0.508 e. The molecule has 1 atom stereocenters. The van der Waals surface area contributed by atoms with Crippen LogP contribution in [0.1, 0.15) is 22.3 Å². The van der Waals surface area contributed by atoms with E-state index >= 15 is 0 Å². The van der Waals surface area contributed by atoms with Gasteiger partial charge in [-0.3, -0.25) is 4.79 Å². The van der Waals surface area contributed by atoms with E-state index in [2.05, 4.69) is 5.32 Å². The third kappa shape index (κ3) is 4.09. The molecule has 2 aromatic carbocycles. The third-order valence-electron chi connectivity index (χ3n) is 3.75. The maximum atomic E-state index is 12.1. The van der Waals surface area contributed by atoms with E-state index in [1.54, 1.807) is 12.1 Å². The van der Waals surface area contributed by atoms with Crippen LogP contribution in [0, 0.1) is 13.8 Å². The summed E-state index contributed by atoms with van der Waals surface area (Å²) in [4.78, 5) is 12.1. The molecule has 0 aliphatic heterocycles. The lowest BCUT2D eigenvalue weighted by Crippen LogP contribution is -2.41. The molecular weight excluding hydrogens is 276 g/mol. The second-order valence-corrected chi connectivity index (χ2v) is 5.57. The molecule has 4 heteroatoms. The van der Waals surface area contributed by atoms with Crippen LogP contribution < -0.4 is 11.1 Å². The second-order valence-electron chi connectivity index (χ2n) is 5.57. The number of carbonyl (C=O) groups excluding carboxylic acids is 1. The highest BCUT2D eigenvalue weighted by atomic mass is 16.3. The smallest absolute Gasteiger partial charge is 0.237 e. The van der Waals surface area contributed by atoms with Gasteiger partial charge in [0.05, 0.1) is 6.04 Å². The van der Waals surface area contributed by atoms with E-state index in [-0.39, 0.29) is 11.7 Å². The number of hydrogen-bond acceptors (Lipinski definition) is 3. The van der Waals surface area contributed by atoms with E-state index in [1.807, 2.05) is 44.2 Å². The Bertz CT molecular complexity index is 630. The van der Waals surface area contributed by atoms with Crippen LogP contribution in [0.4, 0.5) is 0 Å². The Morgan fingerprint density at radius 1 is 1.18 bits per heavy atom. The van der Waals surface area contributed by atoms with Crippen LogP contribution in [-0.2, 0) is 17.8 Å². The van der Waals surface area contributed by atoms with Crippen molar-refractivity contribution in [1.82, 2.24) is 5.32 Å². The summed E-state index contributed by atoms with van der Waals surface area (Å²) in [5.41, 5.74) is 9.97. The van der Waals surface area contributed by atoms with Crippen molar-refractivity contribution in [3.63, 3.8) is 0 Å². The number of benzene rings is 2. The molecule has 0 saturated carbocycles. The minimum atomic E-state index is -0.606. The van der Waals surface area contributed by atoms with E-state index in [9.17, 15) is 9.90 Å². The van der Waals surface area contributed by atoms with Crippen molar-refractivity contribution in [2.24, 2.45) is 5.73 Å². The minimum absolute atomic E-state index is 0.171. The molecule has 0 bridgehead atoms. The second kappa shape index (κ2) is 7.09. The number of aryl methyl sites for hydroxylation is 2. The van der Waals surface area contributed by atoms with Gasteiger partial charge in [-0.1, -0.05) is 30.3 Å². The number of nitrogens with two attached hydrogens (primary N) is 1. The predicted octanol–water partition coefficient (Wildman–Crippen LogP) is 2.20. The first kappa shape index (κ1) is 16.0. The van der Waals surface area contributed by atoms with Gasteiger partial charge in [0.25, 0.3) is 0 Å². The molecule has 0 aromatic heterocycles. The molecule has 4 nitrogen and oxygen atoms in total. The zero-order valence-corrected chi connectivity index (χ0v) is 13.0.